The number of carbonyl (C=O) groups excluding carboxylic acids is 1. The van der Waals surface area contributed by atoms with Crippen LogP contribution < -0.4 is 5.32 Å². The van der Waals surface area contributed by atoms with Crippen molar-refractivity contribution in [2.45, 2.75) is 76.7 Å². The number of hydrogen-bond acceptors (Lipinski definition) is 2. The number of allylic oxidation sites excluding steroid dienone is 2. The van der Waals surface area contributed by atoms with Crippen molar-refractivity contribution >= 4 is 11.9 Å². The van der Waals surface area contributed by atoms with Crippen LogP contribution in [0.25, 0.3) is 0 Å². The van der Waals surface area contributed by atoms with Gasteiger partial charge in [0.25, 0.3) is 0 Å². The molecule has 0 spiro atoms. The first kappa shape index (κ1) is 17.0. The molecule has 1 saturated carbocycles. The van der Waals surface area contributed by atoms with E-state index in [0.717, 1.165) is 25.7 Å². The molecule has 0 aromatic rings. The van der Waals surface area contributed by atoms with Crippen molar-refractivity contribution in [3.63, 3.8) is 0 Å². The zero-order valence-corrected chi connectivity index (χ0v) is 13.4. The predicted molar refractivity (Wildman–Crippen MR) is 86.5 cm³/mol. The van der Waals surface area contributed by atoms with Crippen molar-refractivity contribution in [1.29, 1.82) is 0 Å². The Morgan fingerprint density at radius 3 is 2.50 bits per heavy atom. The molecule has 22 heavy (non-hydrogen) atoms. The second kappa shape index (κ2) is 8.96. The van der Waals surface area contributed by atoms with Crippen molar-refractivity contribution in [1.82, 2.24) is 5.32 Å². The number of hydrogen-bond donors (Lipinski definition) is 2. The van der Waals surface area contributed by atoms with Crippen molar-refractivity contribution in [2.75, 3.05) is 0 Å². The van der Waals surface area contributed by atoms with Crippen molar-refractivity contribution in [3.8, 4) is 0 Å². The van der Waals surface area contributed by atoms with Gasteiger partial charge in [0, 0.05) is 6.42 Å². The molecule has 2 aliphatic carbocycles. The van der Waals surface area contributed by atoms with E-state index in [1.165, 1.54) is 32.1 Å². The molecule has 124 valence electrons. The number of aliphatic carboxylic acids is 1. The van der Waals surface area contributed by atoms with Crippen LogP contribution >= 0.6 is 0 Å². The lowest BCUT2D eigenvalue weighted by Crippen LogP contribution is -2.42. The molecule has 1 fully saturated rings. The van der Waals surface area contributed by atoms with Gasteiger partial charge in [-0.1, -0.05) is 44.3 Å². The van der Waals surface area contributed by atoms with Gasteiger partial charge < -0.3 is 10.4 Å². The smallest absolute Gasteiger partial charge is 0.326 e. The van der Waals surface area contributed by atoms with Gasteiger partial charge in [0.05, 0.1) is 0 Å². The van der Waals surface area contributed by atoms with Crippen molar-refractivity contribution in [3.05, 3.63) is 12.2 Å². The molecule has 4 nitrogen and oxygen atoms in total. The number of rotatable bonds is 7. The number of carboxylic acids is 1. The maximum absolute atomic E-state index is 12.1. The molecule has 2 rings (SSSR count). The number of nitrogens with one attached hydrogen (secondary N) is 1. The van der Waals surface area contributed by atoms with E-state index < -0.39 is 12.0 Å². The Kier molecular flexibility index (Phi) is 6.94. The summed E-state index contributed by atoms with van der Waals surface area (Å²) in [6.07, 6.45) is 15.5. The predicted octanol–water partition coefficient (Wildman–Crippen LogP) is 3.66. The molecule has 2 atom stereocenters. The van der Waals surface area contributed by atoms with Crippen molar-refractivity contribution < 1.29 is 14.7 Å². The van der Waals surface area contributed by atoms with Gasteiger partial charge in [-0.05, 0) is 43.9 Å². The van der Waals surface area contributed by atoms with Crippen LogP contribution in [0.4, 0.5) is 0 Å². The van der Waals surface area contributed by atoms with E-state index in [4.69, 9.17) is 0 Å². The van der Waals surface area contributed by atoms with E-state index in [1.54, 1.807) is 0 Å². The lowest BCUT2D eigenvalue weighted by atomic mass is 9.86. The largest absolute Gasteiger partial charge is 0.480 e. The first-order chi connectivity index (χ1) is 10.6. The molecule has 0 bridgehead atoms. The summed E-state index contributed by atoms with van der Waals surface area (Å²) in [6, 6.07) is -0.727. The SMILES string of the molecule is O=C(CCC1CCCCC1)N[C@@H](CC1CC=CCC1)C(=O)O. The van der Waals surface area contributed by atoms with E-state index in [2.05, 4.69) is 17.5 Å². The summed E-state index contributed by atoms with van der Waals surface area (Å²) in [7, 11) is 0. The molecule has 0 aromatic carbocycles. The summed E-state index contributed by atoms with van der Waals surface area (Å²) in [6.45, 7) is 0. The highest BCUT2D eigenvalue weighted by Crippen LogP contribution is 2.27. The molecule has 0 saturated heterocycles. The van der Waals surface area contributed by atoms with E-state index in [9.17, 15) is 14.7 Å². The lowest BCUT2D eigenvalue weighted by Gasteiger charge is -2.24. The Hall–Kier alpha value is -1.32. The molecule has 0 heterocycles. The minimum atomic E-state index is -0.902. The van der Waals surface area contributed by atoms with Gasteiger partial charge in [0.15, 0.2) is 0 Å². The van der Waals surface area contributed by atoms with Crippen LogP contribution in [0.2, 0.25) is 0 Å². The summed E-state index contributed by atoms with van der Waals surface area (Å²) in [5.74, 6) is 0.0425. The summed E-state index contributed by atoms with van der Waals surface area (Å²) >= 11 is 0. The minimum Gasteiger partial charge on any atom is -0.480 e. The highest BCUT2D eigenvalue weighted by molar-refractivity contribution is 5.83. The summed E-state index contributed by atoms with van der Waals surface area (Å²) < 4.78 is 0. The first-order valence-electron chi connectivity index (χ1n) is 8.82. The summed E-state index contributed by atoms with van der Waals surface area (Å²) in [5, 5.41) is 12.1. The quantitative estimate of drug-likeness (QED) is 0.705. The standard InChI is InChI=1S/C18H29NO3/c20-17(12-11-14-7-3-1-4-8-14)19-16(18(21)22)13-15-9-5-2-6-10-15/h2,5,14-16H,1,3-4,6-13H2,(H,19,20)(H,21,22)/t15?,16-/m0/s1. The van der Waals surface area contributed by atoms with Crippen LogP contribution in [-0.2, 0) is 9.59 Å². The van der Waals surface area contributed by atoms with Crippen LogP contribution in [0.15, 0.2) is 12.2 Å². The Balaban J connectivity index is 1.73. The topological polar surface area (TPSA) is 66.4 Å². The highest BCUT2D eigenvalue weighted by Gasteiger charge is 2.25. The normalized spacial score (nSPS) is 23.9. The molecular weight excluding hydrogens is 278 g/mol. The Morgan fingerprint density at radius 2 is 1.86 bits per heavy atom. The summed E-state index contributed by atoms with van der Waals surface area (Å²) in [5.41, 5.74) is 0. The molecule has 2 N–H and O–H groups in total. The van der Waals surface area contributed by atoms with Gasteiger partial charge in [0.1, 0.15) is 6.04 Å². The third-order valence-corrected chi connectivity index (χ3v) is 5.08. The molecule has 0 aromatic heterocycles. The fourth-order valence-corrected chi connectivity index (χ4v) is 3.70. The fourth-order valence-electron chi connectivity index (χ4n) is 3.70. The second-order valence-electron chi connectivity index (χ2n) is 6.89. The molecule has 4 heteroatoms. The second-order valence-corrected chi connectivity index (χ2v) is 6.89. The van der Waals surface area contributed by atoms with Gasteiger partial charge in [0.2, 0.25) is 5.91 Å². The Labute approximate surface area is 133 Å². The van der Waals surface area contributed by atoms with Crippen LogP contribution in [0, 0.1) is 11.8 Å². The summed E-state index contributed by atoms with van der Waals surface area (Å²) in [4.78, 5) is 23.4. The first-order valence-corrected chi connectivity index (χ1v) is 8.82. The zero-order valence-electron chi connectivity index (χ0n) is 13.4. The van der Waals surface area contributed by atoms with Crippen molar-refractivity contribution in [2.24, 2.45) is 11.8 Å². The highest BCUT2D eigenvalue weighted by atomic mass is 16.4. The van der Waals surface area contributed by atoms with Gasteiger partial charge >= 0.3 is 5.97 Å². The van der Waals surface area contributed by atoms with Crippen LogP contribution in [0.3, 0.4) is 0 Å². The molecule has 2 aliphatic rings. The van der Waals surface area contributed by atoms with Gasteiger partial charge in [-0.25, -0.2) is 4.79 Å². The van der Waals surface area contributed by atoms with E-state index in [0.29, 0.717) is 24.7 Å². The third-order valence-electron chi connectivity index (χ3n) is 5.08. The van der Waals surface area contributed by atoms with Gasteiger partial charge in [-0.15, -0.1) is 0 Å². The molecule has 0 radical (unpaired) electrons. The maximum atomic E-state index is 12.1. The van der Waals surface area contributed by atoms with Crippen LogP contribution in [0.5, 0.6) is 0 Å². The van der Waals surface area contributed by atoms with Gasteiger partial charge in [-0.3, -0.25) is 4.79 Å². The number of amides is 1. The lowest BCUT2D eigenvalue weighted by molar-refractivity contribution is -0.142. The zero-order chi connectivity index (χ0) is 15.8. The molecule has 0 aliphatic heterocycles. The number of carbonyl (C=O) groups is 2. The van der Waals surface area contributed by atoms with E-state index >= 15 is 0 Å². The fraction of sp³-hybridized carbons (Fsp3) is 0.778. The number of carboxylic acid groups (broad SMARTS) is 1. The van der Waals surface area contributed by atoms with Crippen LogP contribution in [0.1, 0.15) is 70.6 Å². The monoisotopic (exact) mass is 307 g/mol. The minimum absolute atomic E-state index is 0.0932. The van der Waals surface area contributed by atoms with Crippen LogP contribution in [-0.4, -0.2) is 23.0 Å². The Bertz CT molecular complexity index is 399. The molecule has 1 unspecified atom stereocenters. The average Bonchev–Trinajstić information content (AvgIpc) is 2.54. The molecule has 1 amide bonds. The van der Waals surface area contributed by atoms with E-state index in [1.807, 2.05) is 0 Å². The average molecular weight is 307 g/mol. The Morgan fingerprint density at radius 1 is 1.09 bits per heavy atom. The molecular formula is C18H29NO3. The van der Waals surface area contributed by atoms with E-state index in [-0.39, 0.29) is 5.91 Å². The van der Waals surface area contributed by atoms with Gasteiger partial charge in [-0.2, -0.15) is 0 Å². The maximum Gasteiger partial charge on any atom is 0.326 e. The third kappa shape index (κ3) is 5.82.